The van der Waals surface area contributed by atoms with Crippen molar-refractivity contribution in [3.05, 3.63) is 53.3 Å². The summed E-state index contributed by atoms with van der Waals surface area (Å²) < 4.78 is 3.66. The molecule has 0 amide bonds. The van der Waals surface area contributed by atoms with E-state index >= 15 is 0 Å². The number of rotatable bonds is 3. The molecule has 1 aliphatic rings. The zero-order valence-corrected chi connectivity index (χ0v) is 16.8. The van der Waals surface area contributed by atoms with Gasteiger partial charge >= 0.3 is 0 Å². The molecule has 1 saturated carbocycles. The van der Waals surface area contributed by atoms with Gasteiger partial charge in [0.25, 0.3) is 5.56 Å². The van der Waals surface area contributed by atoms with Crippen molar-refractivity contribution in [1.29, 1.82) is 0 Å². The van der Waals surface area contributed by atoms with Crippen molar-refractivity contribution in [2.75, 3.05) is 5.32 Å². The van der Waals surface area contributed by atoms with Gasteiger partial charge < -0.3 is 20.2 Å². The van der Waals surface area contributed by atoms with Crippen LogP contribution in [0.5, 0.6) is 0 Å². The van der Waals surface area contributed by atoms with Crippen LogP contribution in [0.1, 0.15) is 25.7 Å². The van der Waals surface area contributed by atoms with E-state index in [0.29, 0.717) is 12.1 Å². The number of anilines is 1. The van der Waals surface area contributed by atoms with E-state index in [2.05, 4.69) is 16.4 Å². The molecule has 0 bridgehead atoms. The van der Waals surface area contributed by atoms with E-state index in [1.807, 2.05) is 29.9 Å². The number of fused-ring (bicyclic) bond motifs is 1. The highest BCUT2D eigenvalue weighted by Crippen LogP contribution is 2.27. The zero-order chi connectivity index (χ0) is 17.4. The predicted molar refractivity (Wildman–Crippen MR) is 115 cm³/mol. The molecule has 6 nitrogen and oxygen atoms in total. The number of nitrogens with one attached hydrogen (secondary N) is 1. The van der Waals surface area contributed by atoms with Crippen LogP contribution < -0.4 is 16.6 Å². The summed E-state index contributed by atoms with van der Waals surface area (Å²) in [6.07, 6.45) is 9.59. The molecular formula is C19H25Cl2N5O. The van der Waals surface area contributed by atoms with Crippen molar-refractivity contribution in [3.63, 3.8) is 0 Å². The average Bonchev–Trinajstić information content (AvgIpc) is 3.15. The Bertz CT molecular complexity index is 947. The number of benzene rings is 1. The van der Waals surface area contributed by atoms with E-state index in [9.17, 15) is 4.79 Å². The van der Waals surface area contributed by atoms with Gasteiger partial charge in [-0.05, 0) is 43.9 Å². The van der Waals surface area contributed by atoms with Crippen molar-refractivity contribution >= 4 is 41.4 Å². The van der Waals surface area contributed by atoms with Crippen molar-refractivity contribution in [2.24, 2.45) is 12.8 Å². The van der Waals surface area contributed by atoms with Gasteiger partial charge in [-0.25, -0.2) is 4.98 Å². The summed E-state index contributed by atoms with van der Waals surface area (Å²) >= 11 is 0. The van der Waals surface area contributed by atoms with Gasteiger partial charge in [0.15, 0.2) is 0 Å². The molecule has 1 fully saturated rings. The van der Waals surface area contributed by atoms with Crippen LogP contribution in [0.15, 0.2) is 47.8 Å². The number of aromatic nitrogens is 3. The van der Waals surface area contributed by atoms with E-state index in [1.165, 1.54) is 0 Å². The van der Waals surface area contributed by atoms with Gasteiger partial charge in [-0.3, -0.25) is 4.79 Å². The Hall–Kier alpha value is -2.02. The van der Waals surface area contributed by atoms with E-state index in [0.717, 1.165) is 48.0 Å². The molecule has 3 N–H and O–H groups in total. The first kappa shape index (κ1) is 21.3. The van der Waals surface area contributed by atoms with Crippen LogP contribution in [0.3, 0.4) is 0 Å². The third kappa shape index (κ3) is 4.29. The fraction of sp³-hybridized carbons (Fsp3) is 0.368. The van der Waals surface area contributed by atoms with Crippen molar-refractivity contribution in [1.82, 2.24) is 14.1 Å². The lowest BCUT2D eigenvalue weighted by molar-refractivity contribution is 0.411. The molecule has 2 aromatic heterocycles. The molecule has 0 unspecified atom stereocenters. The van der Waals surface area contributed by atoms with E-state index in [-0.39, 0.29) is 30.4 Å². The number of nitrogens with two attached hydrogens (primary N) is 1. The molecule has 0 radical (unpaired) electrons. The van der Waals surface area contributed by atoms with Gasteiger partial charge in [-0.15, -0.1) is 24.8 Å². The molecule has 0 spiro atoms. The number of nitrogens with zero attached hydrogens (tertiary/aromatic N) is 3. The number of halogens is 2. The quantitative estimate of drug-likeness (QED) is 0.695. The maximum absolute atomic E-state index is 12.3. The highest BCUT2D eigenvalue weighted by Gasteiger charge is 2.19. The first-order valence-corrected chi connectivity index (χ1v) is 8.76. The summed E-state index contributed by atoms with van der Waals surface area (Å²) in [6.45, 7) is 0. The van der Waals surface area contributed by atoms with Gasteiger partial charge in [-0.1, -0.05) is 0 Å². The Morgan fingerprint density at radius 2 is 1.89 bits per heavy atom. The summed E-state index contributed by atoms with van der Waals surface area (Å²) in [5, 5.41) is 4.64. The normalized spacial score (nSPS) is 19.2. The minimum Gasteiger partial charge on any atom is -0.382 e. The minimum absolute atomic E-state index is 0. The minimum atomic E-state index is -0.00195. The Morgan fingerprint density at radius 3 is 2.56 bits per heavy atom. The summed E-state index contributed by atoms with van der Waals surface area (Å²) in [6, 6.07) is 8.49. The summed E-state index contributed by atoms with van der Waals surface area (Å²) in [7, 11) is 1.81. The highest BCUT2D eigenvalue weighted by atomic mass is 35.5. The standard InChI is InChI=1S/C19H23N5O.2ClH/c1-23-18-7-6-15(24-9-8-21-12-24)10-16(18)17(11-19(23)25)22-14-4-2-13(20)3-5-14;;/h6-14,22H,2-5,20H2,1H3;2*1H. The van der Waals surface area contributed by atoms with Crippen molar-refractivity contribution < 1.29 is 0 Å². The molecular weight excluding hydrogens is 385 g/mol. The van der Waals surface area contributed by atoms with Crippen LogP contribution >= 0.6 is 24.8 Å². The first-order valence-electron chi connectivity index (χ1n) is 8.76. The van der Waals surface area contributed by atoms with E-state index in [1.54, 1.807) is 23.2 Å². The van der Waals surface area contributed by atoms with Gasteiger partial charge in [-0.2, -0.15) is 0 Å². The predicted octanol–water partition coefficient (Wildman–Crippen LogP) is 3.25. The molecule has 0 saturated heterocycles. The van der Waals surface area contributed by atoms with Gasteiger partial charge in [0.1, 0.15) is 0 Å². The molecule has 146 valence electrons. The maximum Gasteiger partial charge on any atom is 0.252 e. The van der Waals surface area contributed by atoms with Gasteiger partial charge in [0, 0.05) is 54.4 Å². The van der Waals surface area contributed by atoms with Crippen molar-refractivity contribution in [3.8, 4) is 5.69 Å². The maximum atomic E-state index is 12.3. The van der Waals surface area contributed by atoms with Gasteiger partial charge in [0.2, 0.25) is 0 Å². The average molecular weight is 410 g/mol. The number of imidazole rings is 1. The molecule has 4 rings (SSSR count). The summed E-state index contributed by atoms with van der Waals surface area (Å²) in [5.74, 6) is 0. The monoisotopic (exact) mass is 409 g/mol. The Balaban J connectivity index is 0.00000131. The molecule has 0 atom stereocenters. The third-order valence-electron chi connectivity index (χ3n) is 5.16. The Morgan fingerprint density at radius 1 is 1.15 bits per heavy atom. The van der Waals surface area contributed by atoms with Gasteiger partial charge in [0.05, 0.1) is 11.8 Å². The number of hydrogen-bond acceptors (Lipinski definition) is 4. The van der Waals surface area contributed by atoms with E-state index < -0.39 is 0 Å². The Labute approximate surface area is 170 Å². The first-order chi connectivity index (χ1) is 12.1. The third-order valence-corrected chi connectivity index (χ3v) is 5.16. The van der Waals surface area contributed by atoms with Crippen LogP contribution in [0, 0.1) is 0 Å². The smallest absolute Gasteiger partial charge is 0.252 e. The molecule has 1 aromatic carbocycles. The van der Waals surface area contributed by atoms with Crippen molar-refractivity contribution in [2.45, 2.75) is 37.8 Å². The molecule has 8 heteroatoms. The lowest BCUT2D eigenvalue weighted by Gasteiger charge is -2.28. The second kappa shape index (κ2) is 8.78. The molecule has 1 aliphatic carbocycles. The zero-order valence-electron chi connectivity index (χ0n) is 15.2. The van der Waals surface area contributed by atoms with Crippen LogP contribution in [0.4, 0.5) is 5.69 Å². The fourth-order valence-electron chi connectivity index (χ4n) is 3.62. The summed E-state index contributed by atoms with van der Waals surface area (Å²) in [5.41, 5.74) is 8.86. The topological polar surface area (TPSA) is 77.9 Å². The SMILES string of the molecule is Cl.Cl.Cn1c(=O)cc(NC2CCC(N)CC2)c2cc(-n3ccnc3)ccc21. The van der Waals surface area contributed by atoms with Crippen LogP contribution in [-0.4, -0.2) is 26.2 Å². The number of hydrogen-bond donors (Lipinski definition) is 2. The second-order valence-corrected chi connectivity index (χ2v) is 6.88. The van der Waals surface area contributed by atoms with Crippen LogP contribution in [-0.2, 0) is 7.05 Å². The molecule has 3 aromatic rings. The van der Waals surface area contributed by atoms with E-state index in [4.69, 9.17) is 5.73 Å². The second-order valence-electron chi connectivity index (χ2n) is 6.88. The van der Waals surface area contributed by atoms with Crippen LogP contribution in [0.2, 0.25) is 0 Å². The summed E-state index contributed by atoms with van der Waals surface area (Å²) in [4.78, 5) is 16.5. The largest absolute Gasteiger partial charge is 0.382 e. The molecule has 0 aliphatic heterocycles. The Kier molecular flexibility index (Phi) is 6.92. The highest BCUT2D eigenvalue weighted by molar-refractivity contribution is 5.93. The number of pyridine rings is 1. The molecule has 27 heavy (non-hydrogen) atoms. The lowest BCUT2D eigenvalue weighted by atomic mass is 9.91. The molecule has 2 heterocycles. The lowest BCUT2D eigenvalue weighted by Crippen LogP contribution is -2.33. The fourth-order valence-corrected chi connectivity index (χ4v) is 3.62. The number of aryl methyl sites for hydroxylation is 1. The van der Waals surface area contributed by atoms with Crippen LogP contribution in [0.25, 0.3) is 16.6 Å².